The first kappa shape index (κ1) is 10.3. The minimum absolute atomic E-state index is 0.240. The van der Waals surface area contributed by atoms with Crippen molar-refractivity contribution < 1.29 is 23.1 Å². The van der Waals surface area contributed by atoms with E-state index in [1.54, 1.807) is 0 Å². The maximum atomic E-state index is 13.1. The number of hydrogen-bond acceptors (Lipinski definition) is 3. The van der Waals surface area contributed by atoms with Gasteiger partial charge in [-0.1, -0.05) is 0 Å². The molecule has 0 heterocycles. The standard InChI is InChI=1S/C9H6F2O3/c1-14-9(13)7-5(4-12)2-3-6(10)8(7)11/h2-4H,1H3. The van der Waals surface area contributed by atoms with Gasteiger partial charge in [-0.25, -0.2) is 13.6 Å². The lowest BCUT2D eigenvalue weighted by molar-refractivity contribution is 0.0591. The average Bonchev–Trinajstić information content (AvgIpc) is 2.20. The highest BCUT2D eigenvalue weighted by Gasteiger charge is 2.20. The molecule has 0 amide bonds. The summed E-state index contributed by atoms with van der Waals surface area (Å²) in [7, 11) is 1.02. The van der Waals surface area contributed by atoms with Gasteiger partial charge in [0.15, 0.2) is 17.9 Å². The number of halogens is 2. The number of methoxy groups -OCH3 is 1. The number of rotatable bonds is 2. The van der Waals surface area contributed by atoms with Gasteiger partial charge in [0, 0.05) is 5.56 Å². The van der Waals surface area contributed by atoms with Crippen molar-refractivity contribution >= 4 is 12.3 Å². The molecule has 0 spiro atoms. The zero-order chi connectivity index (χ0) is 10.7. The van der Waals surface area contributed by atoms with Gasteiger partial charge < -0.3 is 4.74 Å². The molecule has 0 radical (unpaired) electrons. The molecule has 0 fully saturated rings. The molecule has 0 N–H and O–H groups in total. The van der Waals surface area contributed by atoms with Crippen LogP contribution in [0.4, 0.5) is 8.78 Å². The van der Waals surface area contributed by atoms with Gasteiger partial charge in [0.2, 0.25) is 0 Å². The minimum Gasteiger partial charge on any atom is -0.465 e. The van der Waals surface area contributed by atoms with Gasteiger partial charge in [0.05, 0.1) is 7.11 Å². The molecule has 0 saturated carbocycles. The summed E-state index contributed by atoms with van der Waals surface area (Å²) in [4.78, 5) is 21.4. The SMILES string of the molecule is COC(=O)c1c(C=O)ccc(F)c1F. The van der Waals surface area contributed by atoms with Crippen LogP contribution < -0.4 is 0 Å². The Balaban J connectivity index is 3.42. The first-order valence-corrected chi connectivity index (χ1v) is 3.63. The van der Waals surface area contributed by atoms with E-state index < -0.39 is 23.2 Å². The number of carbonyl (C=O) groups is 2. The first-order valence-electron chi connectivity index (χ1n) is 3.63. The smallest absolute Gasteiger partial charge is 0.341 e. The van der Waals surface area contributed by atoms with E-state index >= 15 is 0 Å². The lowest BCUT2D eigenvalue weighted by Gasteiger charge is -2.04. The molecule has 0 atom stereocenters. The van der Waals surface area contributed by atoms with Crippen molar-refractivity contribution in [3.05, 3.63) is 34.9 Å². The predicted molar refractivity (Wildman–Crippen MR) is 43.1 cm³/mol. The largest absolute Gasteiger partial charge is 0.465 e. The second kappa shape index (κ2) is 3.95. The summed E-state index contributed by atoms with van der Waals surface area (Å²) in [5, 5.41) is 0. The average molecular weight is 200 g/mol. The van der Waals surface area contributed by atoms with Crippen LogP contribution in [0.2, 0.25) is 0 Å². The van der Waals surface area contributed by atoms with E-state index in [1.165, 1.54) is 0 Å². The van der Waals surface area contributed by atoms with E-state index in [1.807, 2.05) is 0 Å². The van der Waals surface area contributed by atoms with Gasteiger partial charge in [-0.3, -0.25) is 4.79 Å². The van der Waals surface area contributed by atoms with Gasteiger partial charge in [-0.05, 0) is 12.1 Å². The van der Waals surface area contributed by atoms with Crippen molar-refractivity contribution in [3.8, 4) is 0 Å². The summed E-state index contributed by atoms with van der Waals surface area (Å²) in [5.41, 5.74) is -0.918. The van der Waals surface area contributed by atoms with E-state index in [2.05, 4.69) is 4.74 Å². The van der Waals surface area contributed by atoms with Crippen LogP contribution in [0, 0.1) is 11.6 Å². The molecular formula is C9H6F2O3. The Labute approximate surface area is 78.3 Å². The molecule has 5 heteroatoms. The zero-order valence-electron chi connectivity index (χ0n) is 7.21. The molecule has 0 saturated heterocycles. The minimum atomic E-state index is -1.37. The summed E-state index contributed by atoms with van der Waals surface area (Å²) in [6, 6.07) is 1.78. The van der Waals surface area contributed by atoms with Crippen molar-refractivity contribution in [3.63, 3.8) is 0 Å². The third kappa shape index (κ3) is 1.61. The Morgan fingerprint density at radius 1 is 1.43 bits per heavy atom. The second-order valence-electron chi connectivity index (χ2n) is 2.44. The highest BCUT2D eigenvalue weighted by Crippen LogP contribution is 2.16. The molecule has 0 aliphatic rings. The van der Waals surface area contributed by atoms with E-state index in [0.717, 1.165) is 19.2 Å². The topological polar surface area (TPSA) is 43.4 Å². The molecule has 0 unspecified atom stereocenters. The van der Waals surface area contributed by atoms with Crippen molar-refractivity contribution in [2.75, 3.05) is 7.11 Å². The Bertz CT molecular complexity index is 388. The molecule has 0 aliphatic carbocycles. The molecule has 1 aromatic carbocycles. The van der Waals surface area contributed by atoms with Crippen LogP contribution in [-0.2, 0) is 4.74 Å². The molecule has 14 heavy (non-hydrogen) atoms. The summed E-state index contributed by atoms with van der Waals surface area (Å²) >= 11 is 0. The number of ether oxygens (including phenoxy) is 1. The van der Waals surface area contributed by atoms with Crippen molar-refractivity contribution in [2.24, 2.45) is 0 Å². The quantitative estimate of drug-likeness (QED) is 0.537. The third-order valence-electron chi connectivity index (χ3n) is 1.64. The monoisotopic (exact) mass is 200 g/mol. The summed E-state index contributed by atoms with van der Waals surface area (Å²) in [6.45, 7) is 0. The van der Waals surface area contributed by atoms with Crippen LogP contribution in [0.25, 0.3) is 0 Å². The van der Waals surface area contributed by atoms with Crippen molar-refractivity contribution in [2.45, 2.75) is 0 Å². The maximum absolute atomic E-state index is 13.1. The highest BCUT2D eigenvalue weighted by atomic mass is 19.2. The molecule has 0 aromatic heterocycles. The molecule has 1 rings (SSSR count). The lowest BCUT2D eigenvalue weighted by atomic mass is 10.1. The second-order valence-corrected chi connectivity index (χ2v) is 2.44. The van der Waals surface area contributed by atoms with Crippen LogP contribution in [0.1, 0.15) is 20.7 Å². The van der Waals surface area contributed by atoms with E-state index in [0.29, 0.717) is 0 Å². The van der Waals surface area contributed by atoms with E-state index in [-0.39, 0.29) is 11.8 Å². The number of esters is 1. The van der Waals surface area contributed by atoms with Gasteiger partial charge >= 0.3 is 5.97 Å². The Kier molecular flexibility index (Phi) is 2.91. The molecule has 0 aliphatic heterocycles. The molecule has 1 aromatic rings. The summed E-state index contributed by atoms with van der Waals surface area (Å²) < 4.78 is 30.0. The molecular weight excluding hydrogens is 194 g/mol. The summed E-state index contributed by atoms with van der Waals surface area (Å²) in [6.07, 6.45) is 0.259. The Hall–Kier alpha value is -1.78. The number of benzene rings is 1. The predicted octanol–water partition coefficient (Wildman–Crippen LogP) is 1.56. The highest BCUT2D eigenvalue weighted by molar-refractivity contribution is 5.98. The van der Waals surface area contributed by atoms with Crippen LogP contribution >= 0.6 is 0 Å². The van der Waals surface area contributed by atoms with Crippen LogP contribution in [0.5, 0.6) is 0 Å². The van der Waals surface area contributed by atoms with Gasteiger partial charge in [0.25, 0.3) is 0 Å². The lowest BCUT2D eigenvalue weighted by Crippen LogP contribution is -2.10. The van der Waals surface area contributed by atoms with Crippen LogP contribution in [0.15, 0.2) is 12.1 Å². The van der Waals surface area contributed by atoms with Crippen molar-refractivity contribution in [1.82, 2.24) is 0 Å². The molecule has 74 valence electrons. The van der Waals surface area contributed by atoms with Gasteiger partial charge in [-0.15, -0.1) is 0 Å². The fraction of sp³-hybridized carbons (Fsp3) is 0.111. The number of hydrogen-bond donors (Lipinski definition) is 0. The van der Waals surface area contributed by atoms with Gasteiger partial charge in [-0.2, -0.15) is 0 Å². The number of carbonyl (C=O) groups excluding carboxylic acids is 2. The van der Waals surface area contributed by atoms with Gasteiger partial charge in [0.1, 0.15) is 5.56 Å². The Morgan fingerprint density at radius 2 is 2.07 bits per heavy atom. The normalized spacial score (nSPS) is 9.64. The first-order chi connectivity index (χ1) is 6.61. The van der Waals surface area contributed by atoms with Crippen LogP contribution in [-0.4, -0.2) is 19.4 Å². The summed E-state index contributed by atoms with van der Waals surface area (Å²) in [5.74, 6) is -3.65. The van der Waals surface area contributed by atoms with E-state index in [9.17, 15) is 18.4 Å². The van der Waals surface area contributed by atoms with Crippen molar-refractivity contribution in [1.29, 1.82) is 0 Å². The molecule has 0 bridgehead atoms. The molecule has 3 nitrogen and oxygen atoms in total. The van der Waals surface area contributed by atoms with E-state index in [4.69, 9.17) is 0 Å². The third-order valence-corrected chi connectivity index (χ3v) is 1.64. The zero-order valence-corrected chi connectivity index (χ0v) is 7.21. The maximum Gasteiger partial charge on any atom is 0.341 e. The Morgan fingerprint density at radius 3 is 2.57 bits per heavy atom. The fourth-order valence-corrected chi connectivity index (χ4v) is 0.973. The van der Waals surface area contributed by atoms with Crippen LogP contribution in [0.3, 0.4) is 0 Å². The number of aldehydes is 1. The fourth-order valence-electron chi connectivity index (χ4n) is 0.973.